The standard InChI is InChI=1S/C21H23IO5S/c1-15-9-11-17(12-10-15)28(25,26)27-22(16-7-5-4-6-8-16)20-18(23)13-21(2,3)14-19(20)24/h4-12,20H,13-14H2,1-3H3. The van der Waals surface area contributed by atoms with Crippen molar-refractivity contribution in [2.75, 3.05) is 0 Å². The molecule has 3 rings (SSSR count). The van der Waals surface area contributed by atoms with Gasteiger partial charge in [-0.25, -0.2) is 0 Å². The molecule has 1 aliphatic carbocycles. The summed E-state index contributed by atoms with van der Waals surface area (Å²) in [4.78, 5) is 25.7. The van der Waals surface area contributed by atoms with Crippen LogP contribution >= 0.6 is 20.2 Å². The van der Waals surface area contributed by atoms with Gasteiger partial charge >= 0.3 is 174 Å². The van der Waals surface area contributed by atoms with Crippen LogP contribution in [-0.2, 0) is 22.2 Å². The molecule has 1 aliphatic rings. The maximum absolute atomic E-state index is 12.9. The molecule has 7 heteroatoms. The third kappa shape index (κ3) is 4.69. The van der Waals surface area contributed by atoms with Crippen LogP contribution in [0.4, 0.5) is 0 Å². The summed E-state index contributed by atoms with van der Waals surface area (Å²) in [6, 6.07) is 15.2. The van der Waals surface area contributed by atoms with Gasteiger partial charge in [-0.05, 0) is 0 Å². The van der Waals surface area contributed by atoms with Crippen LogP contribution in [0.5, 0.6) is 0 Å². The summed E-state index contributed by atoms with van der Waals surface area (Å²) in [5, 5.41) is 0. The summed E-state index contributed by atoms with van der Waals surface area (Å²) in [6.45, 7) is 5.62. The van der Waals surface area contributed by atoms with Gasteiger partial charge < -0.3 is 0 Å². The van der Waals surface area contributed by atoms with Crippen LogP contribution in [-0.4, -0.2) is 23.9 Å². The third-order valence-corrected chi connectivity index (χ3v) is 12.7. The zero-order chi connectivity index (χ0) is 20.5. The molecule has 0 bridgehead atoms. The van der Waals surface area contributed by atoms with E-state index >= 15 is 0 Å². The van der Waals surface area contributed by atoms with Crippen LogP contribution in [0.2, 0.25) is 0 Å². The Balaban J connectivity index is 2.00. The summed E-state index contributed by atoms with van der Waals surface area (Å²) in [5.41, 5.74) is 0.524. The van der Waals surface area contributed by atoms with Gasteiger partial charge in [0.25, 0.3) is 0 Å². The van der Waals surface area contributed by atoms with Gasteiger partial charge in [-0.15, -0.1) is 0 Å². The third-order valence-electron chi connectivity index (χ3n) is 4.48. The van der Waals surface area contributed by atoms with Gasteiger partial charge in [0.2, 0.25) is 0 Å². The van der Waals surface area contributed by atoms with Crippen LogP contribution in [0, 0.1) is 15.9 Å². The number of aryl methyl sites for hydroxylation is 1. The molecule has 0 radical (unpaired) electrons. The fourth-order valence-electron chi connectivity index (χ4n) is 3.15. The minimum absolute atomic E-state index is 0.0346. The van der Waals surface area contributed by atoms with E-state index in [2.05, 4.69) is 0 Å². The Labute approximate surface area is 173 Å². The summed E-state index contributed by atoms with van der Waals surface area (Å²) in [5.74, 6) is -0.427. The molecule has 28 heavy (non-hydrogen) atoms. The van der Waals surface area contributed by atoms with E-state index in [1.807, 2.05) is 20.8 Å². The molecule has 0 aliphatic heterocycles. The first-order valence-electron chi connectivity index (χ1n) is 8.90. The van der Waals surface area contributed by atoms with Crippen molar-refractivity contribution in [3.8, 4) is 0 Å². The molecule has 150 valence electrons. The molecule has 0 aromatic heterocycles. The van der Waals surface area contributed by atoms with Gasteiger partial charge in [-0.1, -0.05) is 0 Å². The minimum atomic E-state index is -4.08. The number of carbonyl (C=O) groups excluding carboxylic acids is 2. The van der Waals surface area contributed by atoms with E-state index in [0.29, 0.717) is 3.57 Å². The number of hydrogen-bond donors (Lipinski definition) is 0. The van der Waals surface area contributed by atoms with Crippen molar-refractivity contribution >= 4 is 41.9 Å². The molecule has 1 fully saturated rings. The predicted molar refractivity (Wildman–Crippen MR) is 115 cm³/mol. The predicted octanol–water partition coefficient (Wildman–Crippen LogP) is 4.32. The summed E-state index contributed by atoms with van der Waals surface area (Å²) < 4.78 is 31.2. The van der Waals surface area contributed by atoms with E-state index in [1.54, 1.807) is 42.5 Å². The van der Waals surface area contributed by atoms with Gasteiger partial charge in [0.15, 0.2) is 0 Å². The van der Waals surface area contributed by atoms with E-state index in [1.165, 1.54) is 12.1 Å². The Morgan fingerprint density at radius 3 is 2.00 bits per heavy atom. The van der Waals surface area contributed by atoms with Crippen molar-refractivity contribution in [2.24, 2.45) is 5.41 Å². The van der Waals surface area contributed by atoms with E-state index in [9.17, 15) is 18.0 Å². The Morgan fingerprint density at radius 1 is 0.929 bits per heavy atom. The van der Waals surface area contributed by atoms with Crippen LogP contribution in [0.1, 0.15) is 32.3 Å². The first-order chi connectivity index (χ1) is 13.1. The molecule has 0 N–H and O–H groups in total. The van der Waals surface area contributed by atoms with Gasteiger partial charge in [-0.2, -0.15) is 0 Å². The number of ketones is 2. The van der Waals surface area contributed by atoms with Crippen molar-refractivity contribution in [2.45, 2.75) is 42.4 Å². The number of rotatable bonds is 5. The van der Waals surface area contributed by atoms with Crippen LogP contribution in [0.3, 0.4) is 0 Å². The molecule has 0 saturated heterocycles. The summed E-state index contributed by atoms with van der Waals surface area (Å²) in [7, 11) is -4.08. The number of halogens is 1. The van der Waals surface area contributed by atoms with E-state index in [0.717, 1.165) is 5.56 Å². The SMILES string of the molecule is Cc1ccc(S(=O)(=O)OI(c2ccccc2)C2C(=O)CC(C)(C)CC2=O)cc1. The molecular formula is C21H23IO5S. The van der Waals surface area contributed by atoms with Crippen molar-refractivity contribution in [3.05, 3.63) is 63.7 Å². The van der Waals surface area contributed by atoms with Crippen molar-refractivity contribution < 1.29 is 20.5 Å². The molecule has 0 unspecified atom stereocenters. The zero-order valence-corrected chi connectivity index (χ0v) is 19.0. The molecule has 5 nitrogen and oxygen atoms in total. The number of hydrogen-bond acceptors (Lipinski definition) is 5. The molecule has 2 aromatic rings. The van der Waals surface area contributed by atoms with E-state index < -0.39 is 39.7 Å². The summed E-state index contributed by atoms with van der Waals surface area (Å²) in [6.07, 6.45) is 0.496. The normalized spacial score (nSPS) is 18.2. The second-order valence-electron chi connectivity index (χ2n) is 7.71. The number of carbonyl (C=O) groups is 2. The fraction of sp³-hybridized carbons (Fsp3) is 0.333. The Morgan fingerprint density at radius 2 is 1.46 bits per heavy atom. The monoisotopic (exact) mass is 514 g/mol. The molecule has 2 aromatic carbocycles. The Bertz CT molecular complexity index is 961. The first kappa shape index (κ1) is 21.1. The topological polar surface area (TPSA) is 77.5 Å². The van der Waals surface area contributed by atoms with Gasteiger partial charge in [0, 0.05) is 0 Å². The van der Waals surface area contributed by atoms with Crippen LogP contribution in [0.25, 0.3) is 0 Å². The fourth-order valence-corrected chi connectivity index (χ4v) is 11.0. The number of Topliss-reactive ketones (excluding diaryl/α,β-unsaturated/α-hetero) is 2. The van der Waals surface area contributed by atoms with Gasteiger partial charge in [0.1, 0.15) is 0 Å². The number of benzene rings is 2. The Kier molecular flexibility index (Phi) is 6.07. The molecule has 0 heterocycles. The zero-order valence-electron chi connectivity index (χ0n) is 16.0. The maximum atomic E-state index is 12.9. The quantitative estimate of drug-likeness (QED) is 0.338. The second kappa shape index (κ2) is 8.04. The molecule has 1 saturated carbocycles. The summed E-state index contributed by atoms with van der Waals surface area (Å²) >= 11 is -3.17. The average molecular weight is 514 g/mol. The molecular weight excluding hydrogens is 491 g/mol. The second-order valence-corrected chi connectivity index (χ2v) is 14.4. The van der Waals surface area contributed by atoms with Crippen LogP contribution in [0.15, 0.2) is 59.5 Å². The van der Waals surface area contributed by atoms with Crippen molar-refractivity contribution in [1.29, 1.82) is 0 Å². The van der Waals surface area contributed by atoms with E-state index in [4.69, 9.17) is 2.51 Å². The van der Waals surface area contributed by atoms with Gasteiger partial charge in [0.05, 0.1) is 0 Å². The molecule has 0 spiro atoms. The van der Waals surface area contributed by atoms with Crippen LogP contribution < -0.4 is 0 Å². The van der Waals surface area contributed by atoms with Gasteiger partial charge in [-0.3, -0.25) is 0 Å². The Hall–Kier alpha value is -1.58. The first-order valence-corrected chi connectivity index (χ1v) is 13.5. The van der Waals surface area contributed by atoms with E-state index in [-0.39, 0.29) is 29.3 Å². The van der Waals surface area contributed by atoms with Crippen molar-refractivity contribution in [1.82, 2.24) is 0 Å². The van der Waals surface area contributed by atoms with Crippen molar-refractivity contribution in [3.63, 3.8) is 0 Å². The number of alkyl halides is 1. The molecule has 0 atom stereocenters. The average Bonchev–Trinajstić information content (AvgIpc) is 2.60. The molecule has 0 amide bonds.